The third-order valence-electron chi connectivity index (χ3n) is 12.8. The molecule has 252 valence electrons. The molecule has 0 spiro atoms. The van der Waals surface area contributed by atoms with Crippen LogP contribution in [0.15, 0.2) is 11.6 Å². The first-order chi connectivity index (χ1) is 20.3. The number of carbonyl (C=O) groups excluding carboxylic acids is 1. The van der Waals surface area contributed by atoms with Crippen molar-refractivity contribution in [3.8, 4) is 0 Å². The Morgan fingerprint density at radius 1 is 1.00 bits per heavy atom. The Hall–Kier alpha value is -0.990. The maximum Gasteiger partial charge on any atom is 0.187 e. The van der Waals surface area contributed by atoms with Gasteiger partial charge in [0.05, 0.1) is 30.0 Å². The van der Waals surface area contributed by atoms with Crippen LogP contribution < -0.4 is 0 Å². The van der Waals surface area contributed by atoms with E-state index in [9.17, 15) is 45.6 Å². The van der Waals surface area contributed by atoms with Crippen molar-refractivity contribution in [3.63, 3.8) is 0 Å². The molecule has 0 aromatic rings. The maximum absolute atomic E-state index is 13.9. The van der Waals surface area contributed by atoms with Crippen LogP contribution in [0.2, 0.25) is 0 Å². The summed E-state index contributed by atoms with van der Waals surface area (Å²) in [6.45, 7) is 8.86. The molecule has 4 fully saturated rings. The number of hydrogen-bond donors (Lipinski definition) is 8. The van der Waals surface area contributed by atoms with Crippen LogP contribution in [0.1, 0.15) is 92.4 Å². The molecule has 0 aromatic heterocycles. The molecule has 0 aromatic carbocycles. The van der Waals surface area contributed by atoms with Crippen LogP contribution in [0.25, 0.3) is 0 Å². The molecule has 11 nitrogen and oxygen atoms in total. The summed E-state index contributed by atoms with van der Waals surface area (Å²) >= 11 is 0. The quantitative estimate of drug-likeness (QED) is 0.189. The fraction of sp³-hybridized carbons (Fsp3) is 0.909. The molecule has 1 aliphatic heterocycles. The fourth-order valence-electron chi connectivity index (χ4n) is 9.71. The second kappa shape index (κ2) is 11.6. The molecule has 3 saturated carbocycles. The molecular weight excluding hydrogens is 572 g/mol. The first kappa shape index (κ1) is 34.3. The molecular formula is C33H54O11. The zero-order valence-corrected chi connectivity index (χ0v) is 26.7. The van der Waals surface area contributed by atoms with E-state index < -0.39 is 82.9 Å². The van der Waals surface area contributed by atoms with Gasteiger partial charge in [-0.2, -0.15) is 0 Å². The summed E-state index contributed by atoms with van der Waals surface area (Å²) in [5, 5.41) is 86.1. The van der Waals surface area contributed by atoms with Crippen molar-refractivity contribution < 1.29 is 55.1 Å². The summed E-state index contributed by atoms with van der Waals surface area (Å²) in [6.07, 6.45) is -2.89. The van der Waals surface area contributed by atoms with E-state index >= 15 is 0 Å². The van der Waals surface area contributed by atoms with E-state index in [0.717, 1.165) is 0 Å². The molecule has 44 heavy (non-hydrogen) atoms. The van der Waals surface area contributed by atoms with Crippen molar-refractivity contribution in [2.45, 2.75) is 152 Å². The lowest BCUT2D eigenvalue weighted by Gasteiger charge is -2.62. The Labute approximate surface area is 259 Å². The van der Waals surface area contributed by atoms with Gasteiger partial charge in [-0.25, -0.2) is 0 Å². The monoisotopic (exact) mass is 626 g/mol. The second-order valence-electron chi connectivity index (χ2n) is 15.7. The van der Waals surface area contributed by atoms with Crippen LogP contribution in [0.4, 0.5) is 0 Å². The average Bonchev–Trinajstić information content (AvgIpc) is 3.24. The number of fused-ring (bicyclic) bond motifs is 5. The van der Waals surface area contributed by atoms with E-state index in [2.05, 4.69) is 6.92 Å². The minimum Gasteiger partial charge on any atom is -0.394 e. The molecule has 0 amide bonds. The van der Waals surface area contributed by atoms with Crippen LogP contribution >= 0.6 is 0 Å². The largest absolute Gasteiger partial charge is 0.394 e. The van der Waals surface area contributed by atoms with Crippen molar-refractivity contribution in [1.29, 1.82) is 0 Å². The molecule has 0 unspecified atom stereocenters. The SMILES string of the molecule is C[C@H]([C@H](O)CCC(C)(C)O)[C@H]1CC[C@@]2(O)C3=CC(=O)[C@]4(O)C[C@@H](O[C@@H]5O[C@H](CO)[C@@H](O)[C@H](O)[C@H]5O)CC[C@]4(C)[C@H]3CC[C@]12C. The number of ether oxygens (including phenoxy) is 2. The summed E-state index contributed by atoms with van der Waals surface area (Å²) in [5.41, 5.74) is -4.69. The van der Waals surface area contributed by atoms with Crippen molar-refractivity contribution in [3.05, 3.63) is 11.6 Å². The molecule has 5 aliphatic rings. The lowest BCUT2D eigenvalue weighted by atomic mass is 9.44. The van der Waals surface area contributed by atoms with Gasteiger partial charge >= 0.3 is 0 Å². The number of carbonyl (C=O) groups is 1. The van der Waals surface area contributed by atoms with Crippen molar-refractivity contribution in [2.24, 2.45) is 28.6 Å². The molecule has 5 rings (SSSR count). The Kier molecular flexibility index (Phi) is 9.06. The van der Waals surface area contributed by atoms with E-state index in [1.54, 1.807) is 13.8 Å². The number of ketones is 1. The van der Waals surface area contributed by atoms with Crippen LogP contribution in [-0.4, -0.2) is 113 Å². The van der Waals surface area contributed by atoms with E-state index in [-0.39, 0.29) is 24.2 Å². The number of aliphatic hydroxyl groups is 8. The number of rotatable bonds is 8. The van der Waals surface area contributed by atoms with E-state index in [1.165, 1.54) is 6.08 Å². The first-order valence-corrected chi connectivity index (χ1v) is 16.4. The highest BCUT2D eigenvalue weighted by atomic mass is 16.7. The summed E-state index contributed by atoms with van der Waals surface area (Å²) in [5.74, 6) is -0.841. The number of hydrogen-bond acceptors (Lipinski definition) is 11. The molecule has 14 atom stereocenters. The Bertz CT molecular complexity index is 1120. The van der Waals surface area contributed by atoms with E-state index in [0.29, 0.717) is 56.9 Å². The van der Waals surface area contributed by atoms with Gasteiger partial charge in [0.15, 0.2) is 12.1 Å². The predicted molar refractivity (Wildman–Crippen MR) is 158 cm³/mol. The van der Waals surface area contributed by atoms with Gasteiger partial charge in [0, 0.05) is 17.3 Å². The zero-order chi connectivity index (χ0) is 32.6. The highest BCUT2D eigenvalue weighted by Gasteiger charge is 2.70. The Balaban J connectivity index is 1.36. The van der Waals surface area contributed by atoms with Gasteiger partial charge in [-0.15, -0.1) is 0 Å². The standard InChI is InChI=1S/C33H54O11/c1-17(22(35)9-10-29(2,3)40)19-8-13-32(41)21-14-24(36)33(42)15-18(6-11-31(33,5)20(21)7-12-30(19,32)4)43-28-27(39)26(38)25(37)23(16-34)44-28/h14,17-20,22-23,25-28,34-35,37-42H,6-13,15-16H2,1-5H3/t17-,18-,19+,20-,22+,23+,25+,26-,27+,28+,30+,31+,32+,33+/m0/s1. The second-order valence-corrected chi connectivity index (χ2v) is 15.7. The van der Waals surface area contributed by atoms with Crippen LogP contribution in [0, 0.1) is 28.6 Å². The number of aliphatic hydroxyl groups excluding tert-OH is 5. The van der Waals surface area contributed by atoms with Gasteiger partial charge in [0.2, 0.25) is 0 Å². The van der Waals surface area contributed by atoms with Gasteiger partial charge in [-0.1, -0.05) is 20.8 Å². The predicted octanol–water partition coefficient (Wildman–Crippen LogP) is 0.707. The summed E-state index contributed by atoms with van der Waals surface area (Å²) in [7, 11) is 0. The molecule has 0 bridgehead atoms. The Morgan fingerprint density at radius 3 is 2.30 bits per heavy atom. The minimum atomic E-state index is -1.79. The topological polar surface area (TPSA) is 197 Å². The van der Waals surface area contributed by atoms with Crippen LogP contribution in [-0.2, 0) is 14.3 Å². The van der Waals surface area contributed by atoms with Crippen molar-refractivity contribution in [1.82, 2.24) is 0 Å². The molecule has 1 saturated heterocycles. The van der Waals surface area contributed by atoms with Gasteiger partial charge in [0.1, 0.15) is 30.0 Å². The molecule has 0 radical (unpaired) electrons. The van der Waals surface area contributed by atoms with Crippen molar-refractivity contribution >= 4 is 5.78 Å². The van der Waals surface area contributed by atoms with Gasteiger partial charge < -0.3 is 50.3 Å². The van der Waals surface area contributed by atoms with Crippen LogP contribution in [0.5, 0.6) is 0 Å². The molecule has 4 aliphatic carbocycles. The highest BCUT2D eigenvalue weighted by molar-refractivity contribution is 6.00. The first-order valence-electron chi connectivity index (χ1n) is 16.4. The van der Waals surface area contributed by atoms with Gasteiger partial charge in [0.25, 0.3) is 0 Å². The van der Waals surface area contributed by atoms with Crippen LogP contribution in [0.3, 0.4) is 0 Å². The third-order valence-corrected chi connectivity index (χ3v) is 12.8. The lowest BCUT2D eigenvalue weighted by molar-refractivity contribution is -0.319. The molecule has 1 heterocycles. The minimum absolute atomic E-state index is 0.0116. The van der Waals surface area contributed by atoms with Crippen molar-refractivity contribution in [2.75, 3.05) is 6.61 Å². The lowest BCUT2D eigenvalue weighted by Crippen LogP contribution is -2.67. The van der Waals surface area contributed by atoms with Gasteiger partial charge in [-0.05, 0) is 94.6 Å². The zero-order valence-electron chi connectivity index (χ0n) is 26.7. The summed E-state index contributed by atoms with van der Waals surface area (Å²) < 4.78 is 11.5. The average molecular weight is 627 g/mol. The summed E-state index contributed by atoms with van der Waals surface area (Å²) in [4.78, 5) is 13.9. The van der Waals surface area contributed by atoms with E-state index in [1.807, 2.05) is 13.8 Å². The Morgan fingerprint density at radius 2 is 1.66 bits per heavy atom. The molecule has 8 N–H and O–H groups in total. The maximum atomic E-state index is 13.9. The van der Waals surface area contributed by atoms with Gasteiger partial charge in [-0.3, -0.25) is 4.79 Å². The fourth-order valence-corrected chi connectivity index (χ4v) is 9.71. The molecule has 11 heteroatoms. The normalized spacial score (nSPS) is 49.0. The highest BCUT2D eigenvalue weighted by Crippen LogP contribution is 2.69. The van der Waals surface area contributed by atoms with E-state index in [4.69, 9.17) is 9.47 Å². The summed E-state index contributed by atoms with van der Waals surface area (Å²) in [6, 6.07) is 0. The smallest absolute Gasteiger partial charge is 0.187 e. The third kappa shape index (κ3) is 5.23.